The van der Waals surface area contributed by atoms with Crippen LogP contribution in [0.1, 0.15) is 31.1 Å². The highest BCUT2D eigenvalue weighted by atomic mass is 32.2. The number of hydrogen-bond donors (Lipinski definition) is 1. The lowest BCUT2D eigenvalue weighted by Crippen LogP contribution is -2.20. The van der Waals surface area contributed by atoms with Crippen molar-refractivity contribution < 1.29 is 13.5 Å². The van der Waals surface area contributed by atoms with Gasteiger partial charge in [0.2, 0.25) is 11.8 Å². The van der Waals surface area contributed by atoms with Crippen molar-refractivity contribution in [1.82, 2.24) is 10.1 Å². The van der Waals surface area contributed by atoms with E-state index in [0.29, 0.717) is 29.4 Å². The zero-order chi connectivity index (χ0) is 17.5. The zero-order valence-corrected chi connectivity index (χ0v) is 14.3. The van der Waals surface area contributed by atoms with Crippen LogP contribution in [0.15, 0.2) is 28.8 Å². The van der Waals surface area contributed by atoms with Gasteiger partial charge in [-0.25, -0.2) is 0 Å². The number of carbonyl (C=O) groups excluding carboxylic acids is 1. The second-order valence-electron chi connectivity index (χ2n) is 5.67. The van der Waals surface area contributed by atoms with Gasteiger partial charge in [-0.05, 0) is 24.1 Å². The predicted octanol–water partition coefficient (Wildman–Crippen LogP) is 2.03. The van der Waals surface area contributed by atoms with Crippen LogP contribution in [0.4, 0.5) is 5.69 Å². The molecule has 0 saturated heterocycles. The summed E-state index contributed by atoms with van der Waals surface area (Å²) in [5.74, 6) is 0.703. The molecule has 0 saturated carbocycles. The summed E-state index contributed by atoms with van der Waals surface area (Å²) in [6.07, 6.45) is 0.686. The smallest absolute Gasteiger partial charge is 0.239 e. The molecule has 0 radical (unpaired) electrons. The van der Waals surface area contributed by atoms with Crippen LogP contribution in [-0.2, 0) is 27.8 Å². The SMILES string of the molecule is CC(C)Cc1noc(C[S@@](=O)CC(=O)Nc2cccc(C#N)c2)n1. The van der Waals surface area contributed by atoms with E-state index in [2.05, 4.69) is 15.5 Å². The Morgan fingerprint density at radius 1 is 1.46 bits per heavy atom. The van der Waals surface area contributed by atoms with Crippen LogP contribution in [0.3, 0.4) is 0 Å². The van der Waals surface area contributed by atoms with Crippen molar-refractivity contribution in [2.75, 3.05) is 11.1 Å². The highest BCUT2D eigenvalue weighted by Gasteiger charge is 2.14. The highest BCUT2D eigenvalue weighted by molar-refractivity contribution is 7.84. The van der Waals surface area contributed by atoms with Crippen molar-refractivity contribution in [3.05, 3.63) is 41.5 Å². The van der Waals surface area contributed by atoms with Gasteiger partial charge >= 0.3 is 0 Å². The maximum atomic E-state index is 12.0. The highest BCUT2D eigenvalue weighted by Crippen LogP contribution is 2.10. The van der Waals surface area contributed by atoms with Crippen molar-refractivity contribution >= 4 is 22.4 Å². The summed E-state index contributed by atoms with van der Waals surface area (Å²) in [5.41, 5.74) is 0.936. The number of rotatable bonds is 7. The first-order chi connectivity index (χ1) is 11.5. The molecule has 1 amide bonds. The molecule has 2 rings (SSSR count). The molecule has 8 heteroatoms. The second kappa shape index (κ2) is 8.36. The molecule has 0 unspecified atom stereocenters. The Balaban J connectivity index is 1.86. The Morgan fingerprint density at radius 2 is 2.25 bits per heavy atom. The number of benzene rings is 1. The second-order valence-corrected chi connectivity index (χ2v) is 7.13. The molecule has 0 aliphatic heterocycles. The summed E-state index contributed by atoms with van der Waals surface area (Å²) in [4.78, 5) is 16.1. The molecule has 1 aromatic carbocycles. The Kier molecular flexibility index (Phi) is 6.21. The fraction of sp³-hybridized carbons (Fsp3) is 0.375. The van der Waals surface area contributed by atoms with Crippen LogP contribution < -0.4 is 5.32 Å². The first-order valence-electron chi connectivity index (χ1n) is 7.42. The fourth-order valence-corrected chi connectivity index (χ4v) is 2.85. The van der Waals surface area contributed by atoms with E-state index in [9.17, 15) is 9.00 Å². The lowest BCUT2D eigenvalue weighted by atomic mass is 10.1. The minimum Gasteiger partial charge on any atom is -0.338 e. The van der Waals surface area contributed by atoms with Gasteiger partial charge in [0.15, 0.2) is 5.82 Å². The lowest BCUT2D eigenvalue weighted by molar-refractivity contribution is -0.113. The Morgan fingerprint density at radius 3 is 2.96 bits per heavy atom. The molecule has 7 nitrogen and oxygen atoms in total. The molecular formula is C16H18N4O3S. The number of anilines is 1. The molecule has 0 bridgehead atoms. The first kappa shape index (κ1) is 17.8. The molecule has 126 valence electrons. The van der Waals surface area contributed by atoms with Crippen molar-refractivity contribution in [3.63, 3.8) is 0 Å². The summed E-state index contributed by atoms with van der Waals surface area (Å²) >= 11 is 0. The van der Waals surface area contributed by atoms with Crippen molar-refractivity contribution in [1.29, 1.82) is 5.26 Å². The van der Waals surface area contributed by atoms with Crippen LogP contribution in [0.5, 0.6) is 0 Å². The number of amides is 1. The minimum absolute atomic E-state index is 0.0384. The average Bonchev–Trinajstić information content (AvgIpc) is 2.93. The molecule has 24 heavy (non-hydrogen) atoms. The van der Waals surface area contributed by atoms with E-state index in [1.54, 1.807) is 24.3 Å². The molecule has 1 heterocycles. The molecule has 0 spiro atoms. The van der Waals surface area contributed by atoms with Crippen LogP contribution in [0.25, 0.3) is 0 Å². The van der Waals surface area contributed by atoms with E-state index in [1.807, 2.05) is 19.9 Å². The van der Waals surface area contributed by atoms with Gasteiger partial charge in [0, 0.05) is 22.9 Å². The zero-order valence-electron chi connectivity index (χ0n) is 13.5. The van der Waals surface area contributed by atoms with Gasteiger partial charge in [-0.2, -0.15) is 10.2 Å². The number of aromatic nitrogens is 2. The van der Waals surface area contributed by atoms with E-state index < -0.39 is 16.7 Å². The summed E-state index contributed by atoms with van der Waals surface area (Å²) in [7, 11) is -1.45. The van der Waals surface area contributed by atoms with E-state index in [0.717, 1.165) is 0 Å². The molecule has 0 fully saturated rings. The Hall–Kier alpha value is -2.53. The van der Waals surface area contributed by atoms with Gasteiger partial charge in [-0.15, -0.1) is 0 Å². The molecule has 1 atom stereocenters. The third kappa shape index (κ3) is 5.59. The van der Waals surface area contributed by atoms with Crippen molar-refractivity contribution in [2.24, 2.45) is 5.92 Å². The van der Waals surface area contributed by atoms with E-state index in [-0.39, 0.29) is 17.4 Å². The molecular weight excluding hydrogens is 328 g/mol. The summed E-state index contributed by atoms with van der Waals surface area (Å²) in [6, 6.07) is 8.51. The van der Waals surface area contributed by atoms with Gasteiger partial charge in [0.1, 0.15) is 11.5 Å². The Labute approximate surface area is 142 Å². The molecule has 1 N–H and O–H groups in total. The maximum Gasteiger partial charge on any atom is 0.239 e. The summed E-state index contributed by atoms with van der Waals surface area (Å²) in [5, 5.41) is 15.3. The third-order valence-electron chi connectivity index (χ3n) is 2.95. The van der Waals surface area contributed by atoms with Crippen molar-refractivity contribution in [2.45, 2.75) is 26.0 Å². The van der Waals surface area contributed by atoms with Gasteiger partial charge < -0.3 is 9.84 Å². The van der Waals surface area contributed by atoms with Gasteiger partial charge in [-0.3, -0.25) is 9.00 Å². The number of nitrogens with zero attached hydrogens (tertiary/aromatic N) is 3. The average molecular weight is 346 g/mol. The van der Waals surface area contributed by atoms with Crippen LogP contribution in [0.2, 0.25) is 0 Å². The minimum atomic E-state index is -1.45. The van der Waals surface area contributed by atoms with Crippen molar-refractivity contribution in [3.8, 4) is 6.07 Å². The van der Waals surface area contributed by atoms with Gasteiger partial charge in [-0.1, -0.05) is 25.1 Å². The predicted molar refractivity (Wildman–Crippen MR) is 89.3 cm³/mol. The number of nitrogens with one attached hydrogen (secondary N) is 1. The number of hydrogen-bond acceptors (Lipinski definition) is 6. The topological polar surface area (TPSA) is 109 Å². The van der Waals surface area contributed by atoms with Gasteiger partial charge in [0.25, 0.3) is 0 Å². The quantitative estimate of drug-likeness (QED) is 0.821. The standard InChI is InChI=1S/C16H18N4O3S/c1-11(2)6-14-19-16(23-20-14)10-24(22)9-15(21)18-13-5-3-4-12(7-13)8-17/h3-5,7,11H,6,9-10H2,1-2H3,(H,18,21)/t24-/m0/s1. The summed E-state index contributed by atoms with van der Waals surface area (Å²) in [6.45, 7) is 4.08. The fourth-order valence-electron chi connectivity index (χ4n) is 2.00. The van der Waals surface area contributed by atoms with Gasteiger partial charge in [0.05, 0.1) is 11.6 Å². The lowest BCUT2D eigenvalue weighted by Gasteiger charge is -2.04. The largest absolute Gasteiger partial charge is 0.338 e. The molecule has 0 aliphatic rings. The monoisotopic (exact) mass is 346 g/mol. The number of carbonyl (C=O) groups is 1. The summed E-state index contributed by atoms with van der Waals surface area (Å²) < 4.78 is 17.1. The first-order valence-corrected chi connectivity index (χ1v) is 8.91. The normalized spacial score (nSPS) is 11.9. The molecule has 1 aromatic heterocycles. The Bertz CT molecular complexity index is 780. The van der Waals surface area contributed by atoms with Crippen LogP contribution in [-0.4, -0.2) is 26.0 Å². The third-order valence-corrected chi connectivity index (χ3v) is 4.11. The molecule has 0 aliphatic carbocycles. The molecule has 2 aromatic rings. The van der Waals surface area contributed by atoms with E-state index in [1.165, 1.54) is 0 Å². The van der Waals surface area contributed by atoms with E-state index >= 15 is 0 Å². The number of nitriles is 1. The van der Waals surface area contributed by atoms with Crippen LogP contribution >= 0.6 is 0 Å². The maximum absolute atomic E-state index is 12.0. The van der Waals surface area contributed by atoms with Crippen LogP contribution in [0, 0.1) is 17.2 Å². The van der Waals surface area contributed by atoms with E-state index in [4.69, 9.17) is 9.78 Å².